The van der Waals surface area contributed by atoms with Crippen LogP contribution in [0, 0.1) is 0 Å². The van der Waals surface area contributed by atoms with E-state index in [1.54, 1.807) is 18.2 Å². The molecule has 1 N–H and O–H groups in total. The van der Waals surface area contributed by atoms with E-state index in [0.717, 1.165) is 15.7 Å². The molecule has 0 aliphatic rings. The molecule has 1 aromatic heterocycles. The highest BCUT2D eigenvalue weighted by molar-refractivity contribution is 9.10. The van der Waals surface area contributed by atoms with Crippen molar-refractivity contribution in [3.63, 3.8) is 0 Å². The molecule has 1 heterocycles. The van der Waals surface area contributed by atoms with Gasteiger partial charge in [-0.25, -0.2) is 0 Å². The molecule has 3 rings (SSSR count). The molecule has 2 aromatic carbocycles. The van der Waals surface area contributed by atoms with E-state index in [2.05, 4.69) is 26.4 Å². The van der Waals surface area contributed by atoms with Crippen molar-refractivity contribution < 1.29 is 9.32 Å². The minimum Gasteiger partial charge on any atom is -0.356 e. The van der Waals surface area contributed by atoms with Crippen LogP contribution < -0.4 is 5.32 Å². The lowest BCUT2D eigenvalue weighted by Gasteiger charge is -2.03. The van der Waals surface area contributed by atoms with Crippen molar-refractivity contribution in [1.82, 2.24) is 5.16 Å². The van der Waals surface area contributed by atoms with Crippen LogP contribution in [0.2, 0.25) is 5.02 Å². The summed E-state index contributed by atoms with van der Waals surface area (Å²) in [5.74, 6) is 0.450. The number of carbonyl (C=O) groups excluding carboxylic acids is 1. The number of aromatic nitrogens is 1. The number of rotatable bonds is 4. The van der Waals surface area contributed by atoms with Gasteiger partial charge in [-0.2, -0.15) is 0 Å². The first-order valence-electron chi connectivity index (χ1n) is 6.87. The van der Waals surface area contributed by atoms with Crippen molar-refractivity contribution >= 4 is 39.1 Å². The van der Waals surface area contributed by atoms with Crippen molar-refractivity contribution in [2.45, 2.75) is 6.42 Å². The van der Waals surface area contributed by atoms with Crippen molar-refractivity contribution in [3.8, 4) is 11.3 Å². The Bertz CT molecular complexity index is 831. The lowest BCUT2D eigenvalue weighted by Crippen LogP contribution is -2.14. The molecule has 6 heteroatoms. The largest absolute Gasteiger partial charge is 0.356 e. The number of amides is 1. The third kappa shape index (κ3) is 4.21. The van der Waals surface area contributed by atoms with Gasteiger partial charge in [0, 0.05) is 26.8 Å². The number of nitrogens with one attached hydrogen (secondary N) is 1. The van der Waals surface area contributed by atoms with Gasteiger partial charge in [0.2, 0.25) is 5.91 Å². The van der Waals surface area contributed by atoms with Gasteiger partial charge in [-0.3, -0.25) is 4.79 Å². The number of hydrogen-bond donors (Lipinski definition) is 1. The van der Waals surface area contributed by atoms with E-state index < -0.39 is 0 Å². The molecule has 116 valence electrons. The van der Waals surface area contributed by atoms with E-state index in [1.165, 1.54) is 0 Å². The third-order valence-corrected chi connectivity index (χ3v) is 3.88. The fraction of sp³-hybridized carbons (Fsp3) is 0.0588. The smallest absolute Gasteiger partial charge is 0.230 e. The summed E-state index contributed by atoms with van der Waals surface area (Å²) in [4.78, 5) is 12.1. The molecule has 3 aromatic rings. The Labute approximate surface area is 146 Å². The van der Waals surface area contributed by atoms with Gasteiger partial charge >= 0.3 is 0 Å². The van der Waals surface area contributed by atoms with Crippen LogP contribution in [-0.4, -0.2) is 11.1 Å². The molecule has 0 saturated carbocycles. The molecule has 0 saturated heterocycles. The van der Waals surface area contributed by atoms with Crippen LogP contribution in [0.4, 0.5) is 5.69 Å². The summed E-state index contributed by atoms with van der Waals surface area (Å²) < 4.78 is 6.18. The van der Waals surface area contributed by atoms with Crippen LogP contribution in [-0.2, 0) is 11.2 Å². The van der Waals surface area contributed by atoms with E-state index >= 15 is 0 Å². The Morgan fingerprint density at radius 3 is 2.70 bits per heavy atom. The third-order valence-electron chi connectivity index (χ3n) is 3.14. The molecule has 0 bridgehead atoms. The SMILES string of the molecule is O=C(Cc1cc(-c2ccc(Cl)cc2)on1)Nc1cccc(Br)c1. The van der Waals surface area contributed by atoms with Crippen LogP contribution in [0.25, 0.3) is 11.3 Å². The molecule has 23 heavy (non-hydrogen) atoms. The second kappa shape index (κ2) is 6.98. The van der Waals surface area contributed by atoms with E-state index in [1.807, 2.05) is 36.4 Å². The summed E-state index contributed by atoms with van der Waals surface area (Å²) in [6.07, 6.45) is 0.142. The molecular weight excluding hydrogens is 380 g/mol. The zero-order chi connectivity index (χ0) is 16.2. The van der Waals surface area contributed by atoms with Crippen LogP contribution >= 0.6 is 27.5 Å². The summed E-state index contributed by atoms with van der Waals surface area (Å²) in [5.41, 5.74) is 2.16. The van der Waals surface area contributed by atoms with Crippen molar-refractivity contribution in [2.75, 3.05) is 5.32 Å². The summed E-state index contributed by atoms with van der Waals surface area (Å²) in [7, 11) is 0. The quantitative estimate of drug-likeness (QED) is 0.685. The fourth-order valence-corrected chi connectivity index (χ4v) is 2.61. The predicted octanol–water partition coefficient (Wildman–Crippen LogP) is 4.94. The van der Waals surface area contributed by atoms with E-state index in [4.69, 9.17) is 16.1 Å². The molecule has 0 unspecified atom stereocenters. The number of anilines is 1. The maximum absolute atomic E-state index is 12.1. The first-order chi connectivity index (χ1) is 11.1. The van der Waals surface area contributed by atoms with Gasteiger partial charge in [-0.05, 0) is 42.5 Å². The molecule has 0 fully saturated rings. The number of nitrogens with zero attached hydrogens (tertiary/aromatic N) is 1. The highest BCUT2D eigenvalue weighted by atomic mass is 79.9. The summed E-state index contributed by atoms with van der Waals surface area (Å²) in [6, 6.07) is 16.4. The highest BCUT2D eigenvalue weighted by Gasteiger charge is 2.11. The minimum absolute atomic E-state index is 0.142. The van der Waals surface area contributed by atoms with Crippen molar-refractivity contribution in [1.29, 1.82) is 0 Å². The fourth-order valence-electron chi connectivity index (χ4n) is 2.08. The molecule has 0 aliphatic heterocycles. The topological polar surface area (TPSA) is 55.1 Å². The monoisotopic (exact) mass is 390 g/mol. The lowest BCUT2D eigenvalue weighted by atomic mass is 10.1. The number of halogens is 2. The van der Waals surface area contributed by atoms with Gasteiger partial charge < -0.3 is 9.84 Å². The zero-order valence-corrected chi connectivity index (χ0v) is 14.3. The number of benzene rings is 2. The molecule has 1 amide bonds. The normalized spacial score (nSPS) is 10.5. The van der Waals surface area contributed by atoms with Crippen molar-refractivity contribution in [3.05, 3.63) is 69.8 Å². The summed E-state index contributed by atoms with van der Waals surface area (Å²) in [6.45, 7) is 0. The average Bonchev–Trinajstić information content (AvgIpc) is 2.96. The van der Waals surface area contributed by atoms with Crippen LogP contribution in [0.3, 0.4) is 0 Å². The second-order valence-corrected chi connectivity index (χ2v) is 6.28. The zero-order valence-electron chi connectivity index (χ0n) is 11.9. The minimum atomic E-state index is -0.154. The Morgan fingerprint density at radius 1 is 1.17 bits per heavy atom. The van der Waals surface area contributed by atoms with E-state index in [9.17, 15) is 4.79 Å². The summed E-state index contributed by atoms with van der Waals surface area (Å²) in [5, 5.41) is 7.41. The Balaban J connectivity index is 1.66. The van der Waals surface area contributed by atoms with E-state index in [0.29, 0.717) is 16.5 Å². The number of carbonyl (C=O) groups is 1. The van der Waals surface area contributed by atoms with Gasteiger partial charge in [0.05, 0.1) is 12.1 Å². The highest BCUT2D eigenvalue weighted by Crippen LogP contribution is 2.22. The lowest BCUT2D eigenvalue weighted by molar-refractivity contribution is -0.115. The predicted molar refractivity (Wildman–Crippen MR) is 93.4 cm³/mol. The first-order valence-corrected chi connectivity index (χ1v) is 8.04. The average molecular weight is 392 g/mol. The maximum atomic E-state index is 12.1. The van der Waals surface area contributed by atoms with E-state index in [-0.39, 0.29) is 12.3 Å². The second-order valence-electron chi connectivity index (χ2n) is 4.92. The molecule has 0 spiro atoms. The molecular formula is C17H12BrClN2O2. The molecule has 0 atom stereocenters. The van der Waals surface area contributed by atoms with Gasteiger partial charge in [-0.15, -0.1) is 0 Å². The van der Waals surface area contributed by atoms with Crippen LogP contribution in [0.15, 0.2) is 63.6 Å². The number of hydrogen-bond acceptors (Lipinski definition) is 3. The van der Waals surface area contributed by atoms with Gasteiger partial charge in [0.25, 0.3) is 0 Å². The summed E-state index contributed by atoms with van der Waals surface area (Å²) >= 11 is 9.22. The van der Waals surface area contributed by atoms with Crippen LogP contribution in [0.5, 0.6) is 0 Å². The van der Waals surface area contributed by atoms with Gasteiger partial charge in [0.15, 0.2) is 5.76 Å². The van der Waals surface area contributed by atoms with Crippen LogP contribution in [0.1, 0.15) is 5.69 Å². The molecule has 4 nitrogen and oxygen atoms in total. The van der Waals surface area contributed by atoms with Gasteiger partial charge in [-0.1, -0.05) is 38.8 Å². The standard InChI is InChI=1S/C17H12BrClN2O2/c18-12-2-1-3-14(8-12)20-17(22)10-15-9-16(23-21-15)11-4-6-13(19)7-5-11/h1-9H,10H2,(H,20,22). The van der Waals surface area contributed by atoms with Gasteiger partial charge in [0.1, 0.15) is 0 Å². The Kier molecular flexibility index (Phi) is 4.79. The van der Waals surface area contributed by atoms with Crippen molar-refractivity contribution in [2.24, 2.45) is 0 Å². The maximum Gasteiger partial charge on any atom is 0.230 e. The molecule has 0 aliphatic carbocycles. The Morgan fingerprint density at radius 2 is 1.96 bits per heavy atom. The first kappa shape index (κ1) is 15.8. The molecule has 0 radical (unpaired) electrons. The Hall–Kier alpha value is -2.11.